The molecule has 128 valence electrons. The number of amides is 1. The Morgan fingerprint density at radius 2 is 1.84 bits per heavy atom. The Morgan fingerprint density at radius 1 is 1.16 bits per heavy atom. The Labute approximate surface area is 151 Å². The molecule has 2 rings (SSSR count). The van der Waals surface area contributed by atoms with Gasteiger partial charge in [-0.15, -0.1) is 0 Å². The van der Waals surface area contributed by atoms with Crippen molar-refractivity contribution < 1.29 is 19.2 Å². The highest BCUT2D eigenvalue weighted by Gasteiger charge is 2.08. The van der Waals surface area contributed by atoms with Crippen molar-refractivity contribution in [1.82, 2.24) is 0 Å². The smallest absolute Gasteiger partial charge is 0.331 e. The summed E-state index contributed by atoms with van der Waals surface area (Å²) in [6.07, 6.45) is 2.79. The van der Waals surface area contributed by atoms with E-state index in [1.54, 1.807) is 6.08 Å². The van der Waals surface area contributed by atoms with Crippen LogP contribution >= 0.6 is 15.9 Å². The molecule has 0 aliphatic carbocycles. The van der Waals surface area contributed by atoms with Gasteiger partial charge in [0, 0.05) is 28.4 Å². The maximum absolute atomic E-state index is 11.7. The zero-order valence-corrected chi connectivity index (χ0v) is 14.4. The Bertz CT molecular complexity index is 818. The summed E-state index contributed by atoms with van der Waals surface area (Å²) in [6.45, 7) is -0.462. The minimum Gasteiger partial charge on any atom is -0.452 e. The van der Waals surface area contributed by atoms with Gasteiger partial charge in [0.05, 0.1) is 4.92 Å². The van der Waals surface area contributed by atoms with E-state index in [9.17, 15) is 19.7 Å². The summed E-state index contributed by atoms with van der Waals surface area (Å²) in [7, 11) is 0. The number of nitro groups is 1. The lowest BCUT2D eigenvalue weighted by molar-refractivity contribution is -0.384. The third-order valence-corrected chi connectivity index (χ3v) is 3.73. The molecule has 0 unspecified atom stereocenters. The van der Waals surface area contributed by atoms with E-state index in [-0.39, 0.29) is 5.69 Å². The van der Waals surface area contributed by atoms with Gasteiger partial charge in [-0.25, -0.2) is 4.79 Å². The van der Waals surface area contributed by atoms with Crippen molar-refractivity contribution in [2.24, 2.45) is 0 Å². The van der Waals surface area contributed by atoms with E-state index in [1.165, 1.54) is 30.3 Å². The number of nitro benzene ring substituents is 1. The second-order valence-corrected chi connectivity index (χ2v) is 5.67. The van der Waals surface area contributed by atoms with Crippen LogP contribution in [0.25, 0.3) is 6.08 Å². The predicted octanol–water partition coefficient (Wildman–Crippen LogP) is 3.55. The van der Waals surface area contributed by atoms with E-state index in [0.29, 0.717) is 5.69 Å². The molecule has 0 spiro atoms. The van der Waals surface area contributed by atoms with E-state index in [4.69, 9.17) is 4.74 Å². The lowest BCUT2D eigenvalue weighted by atomic mass is 10.2. The first-order valence-electron chi connectivity index (χ1n) is 7.09. The summed E-state index contributed by atoms with van der Waals surface area (Å²) in [6, 6.07) is 12.6. The first-order chi connectivity index (χ1) is 12.0. The standard InChI is InChI=1S/C17H13BrN2O5/c18-15-4-2-1-3-12(15)5-10-17(22)25-11-16(21)19-13-6-8-14(9-7-13)20(23)24/h1-10H,11H2,(H,19,21)/b10-5+. The van der Waals surface area contributed by atoms with Crippen LogP contribution in [0.1, 0.15) is 5.56 Å². The van der Waals surface area contributed by atoms with Gasteiger partial charge in [-0.1, -0.05) is 34.1 Å². The number of hydrogen-bond donors (Lipinski definition) is 1. The quantitative estimate of drug-likeness (QED) is 0.343. The molecule has 1 N–H and O–H groups in total. The Balaban J connectivity index is 1.82. The van der Waals surface area contributed by atoms with Crippen LogP contribution in [-0.2, 0) is 14.3 Å². The van der Waals surface area contributed by atoms with Gasteiger partial charge in [0.25, 0.3) is 11.6 Å². The van der Waals surface area contributed by atoms with Crippen molar-refractivity contribution in [1.29, 1.82) is 0 Å². The lowest BCUT2D eigenvalue weighted by Crippen LogP contribution is -2.20. The van der Waals surface area contributed by atoms with Crippen molar-refractivity contribution in [3.63, 3.8) is 0 Å². The average molecular weight is 405 g/mol. The highest BCUT2D eigenvalue weighted by molar-refractivity contribution is 9.10. The molecule has 0 aliphatic rings. The molecule has 0 radical (unpaired) electrons. The molecule has 0 saturated carbocycles. The van der Waals surface area contributed by atoms with Crippen LogP contribution in [0.4, 0.5) is 11.4 Å². The summed E-state index contributed by atoms with van der Waals surface area (Å²) in [5, 5.41) is 13.0. The molecule has 0 bridgehead atoms. The fourth-order valence-electron chi connectivity index (χ4n) is 1.82. The number of non-ortho nitro benzene ring substituents is 1. The molecule has 2 aromatic rings. The van der Waals surface area contributed by atoms with E-state index < -0.39 is 23.4 Å². The molecule has 7 nitrogen and oxygen atoms in total. The van der Waals surface area contributed by atoms with E-state index in [2.05, 4.69) is 21.2 Å². The van der Waals surface area contributed by atoms with E-state index in [1.807, 2.05) is 24.3 Å². The van der Waals surface area contributed by atoms with Crippen molar-refractivity contribution in [3.8, 4) is 0 Å². The molecule has 0 aromatic heterocycles. The van der Waals surface area contributed by atoms with Crippen LogP contribution in [0, 0.1) is 10.1 Å². The van der Waals surface area contributed by atoms with Crippen LogP contribution in [-0.4, -0.2) is 23.4 Å². The van der Waals surface area contributed by atoms with Gasteiger partial charge in [0.2, 0.25) is 0 Å². The van der Waals surface area contributed by atoms with Gasteiger partial charge in [-0.3, -0.25) is 14.9 Å². The van der Waals surface area contributed by atoms with Crippen LogP contribution in [0.5, 0.6) is 0 Å². The summed E-state index contributed by atoms with van der Waals surface area (Å²) in [5.74, 6) is -1.20. The average Bonchev–Trinajstić information content (AvgIpc) is 2.59. The van der Waals surface area contributed by atoms with Gasteiger partial charge in [-0.05, 0) is 29.8 Å². The Morgan fingerprint density at radius 3 is 2.48 bits per heavy atom. The molecule has 25 heavy (non-hydrogen) atoms. The maximum Gasteiger partial charge on any atom is 0.331 e. The predicted molar refractivity (Wildman–Crippen MR) is 95.9 cm³/mol. The number of esters is 1. The zero-order chi connectivity index (χ0) is 18.2. The van der Waals surface area contributed by atoms with Gasteiger partial charge in [0.1, 0.15) is 0 Å². The molecule has 8 heteroatoms. The fraction of sp³-hybridized carbons (Fsp3) is 0.0588. The number of carbonyl (C=O) groups excluding carboxylic acids is 2. The molecule has 0 saturated heterocycles. The normalized spacial score (nSPS) is 10.4. The monoisotopic (exact) mass is 404 g/mol. The molecule has 2 aromatic carbocycles. The topological polar surface area (TPSA) is 98.5 Å². The second kappa shape index (κ2) is 8.74. The zero-order valence-electron chi connectivity index (χ0n) is 12.8. The number of halogens is 1. The molecule has 0 heterocycles. The van der Waals surface area contributed by atoms with E-state index in [0.717, 1.165) is 10.0 Å². The third kappa shape index (κ3) is 5.85. The minimum absolute atomic E-state index is 0.0818. The highest BCUT2D eigenvalue weighted by atomic mass is 79.9. The highest BCUT2D eigenvalue weighted by Crippen LogP contribution is 2.17. The van der Waals surface area contributed by atoms with Crippen molar-refractivity contribution in [2.45, 2.75) is 0 Å². The molecule has 0 aliphatic heterocycles. The summed E-state index contributed by atoms with van der Waals surface area (Å²) in [4.78, 5) is 33.3. The van der Waals surface area contributed by atoms with Crippen LogP contribution in [0.2, 0.25) is 0 Å². The number of anilines is 1. The molecular formula is C17H13BrN2O5. The van der Waals surface area contributed by atoms with Crippen molar-refractivity contribution in [2.75, 3.05) is 11.9 Å². The first kappa shape index (κ1) is 18.3. The Kier molecular flexibility index (Phi) is 6.41. The SMILES string of the molecule is O=C(COC(=O)/C=C/c1ccccc1Br)Nc1ccc([N+](=O)[O-])cc1. The number of nitrogens with zero attached hydrogens (tertiary/aromatic N) is 1. The number of hydrogen-bond acceptors (Lipinski definition) is 5. The Hall–Kier alpha value is -3.00. The first-order valence-corrected chi connectivity index (χ1v) is 7.88. The van der Waals surface area contributed by atoms with Gasteiger partial charge < -0.3 is 10.1 Å². The summed E-state index contributed by atoms with van der Waals surface area (Å²) >= 11 is 3.35. The maximum atomic E-state index is 11.7. The number of ether oxygens (including phenoxy) is 1. The largest absolute Gasteiger partial charge is 0.452 e. The number of nitrogens with one attached hydrogen (secondary N) is 1. The molecule has 0 fully saturated rings. The van der Waals surface area contributed by atoms with Crippen LogP contribution in [0.15, 0.2) is 59.1 Å². The minimum atomic E-state index is -0.658. The molecule has 0 atom stereocenters. The van der Waals surface area contributed by atoms with Crippen molar-refractivity contribution in [3.05, 3.63) is 74.8 Å². The number of carbonyl (C=O) groups is 2. The van der Waals surface area contributed by atoms with Gasteiger partial charge in [-0.2, -0.15) is 0 Å². The summed E-state index contributed by atoms with van der Waals surface area (Å²) in [5.41, 5.74) is 1.09. The molecular weight excluding hydrogens is 392 g/mol. The molecule has 1 amide bonds. The third-order valence-electron chi connectivity index (χ3n) is 3.01. The second-order valence-electron chi connectivity index (χ2n) is 4.81. The van der Waals surface area contributed by atoms with Crippen molar-refractivity contribution >= 4 is 45.3 Å². The lowest BCUT2D eigenvalue weighted by Gasteiger charge is -2.05. The van der Waals surface area contributed by atoms with Crippen LogP contribution < -0.4 is 5.32 Å². The number of benzene rings is 2. The van der Waals surface area contributed by atoms with Gasteiger partial charge in [0.15, 0.2) is 6.61 Å². The summed E-state index contributed by atoms with van der Waals surface area (Å²) < 4.78 is 5.67. The fourth-order valence-corrected chi connectivity index (χ4v) is 2.23. The van der Waals surface area contributed by atoms with Gasteiger partial charge >= 0.3 is 5.97 Å². The van der Waals surface area contributed by atoms with Crippen LogP contribution in [0.3, 0.4) is 0 Å². The van der Waals surface area contributed by atoms with E-state index >= 15 is 0 Å². The number of rotatable bonds is 6.